The maximum atomic E-state index is 9.04. The van der Waals surface area contributed by atoms with E-state index in [0.29, 0.717) is 6.61 Å². The Morgan fingerprint density at radius 1 is 1.43 bits per heavy atom. The molecule has 3 heteroatoms. The van der Waals surface area contributed by atoms with Gasteiger partial charge in [-0.15, -0.1) is 0 Å². The molecule has 1 aliphatic heterocycles. The Labute approximate surface area is 87.1 Å². The molecule has 0 aromatic rings. The molecule has 1 atom stereocenters. The molecule has 1 fully saturated rings. The van der Waals surface area contributed by atoms with Crippen LogP contribution in [0.5, 0.6) is 0 Å². The average molecular weight is 201 g/mol. The van der Waals surface area contributed by atoms with Crippen molar-refractivity contribution in [3.63, 3.8) is 0 Å². The lowest BCUT2D eigenvalue weighted by atomic mass is 9.98. The van der Waals surface area contributed by atoms with Crippen molar-refractivity contribution in [2.75, 3.05) is 33.4 Å². The van der Waals surface area contributed by atoms with Crippen molar-refractivity contribution < 1.29 is 9.84 Å². The predicted molar refractivity (Wildman–Crippen MR) is 57.3 cm³/mol. The van der Waals surface area contributed by atoms with E-state index < -0.39 is 0 Å². The minimum absolute atomic E-state index is 0.229. The van der Waals surface area contributed by atoms with Crippen molar-refractivity contribution >= 4 is 0 Å². The molecule has 0 saturated carbocycles. The second kappa shape index (κ2) is 6.38. The molecule has 1 saturated heterocycles. The summed E-state index contributed by atoms with van der Waals surface area (Å²) in [6.45, 7) is 5.78. The van der Waals surface area contributed by atoms with Crippen LogP contribution >= 0.6 is 0 Å². The summed E-state index contributed by atoms with van der Waals surface area (Å²) in [5, 5.41) is 9.04. The third kappa shape index (κ3) is 4.94. The van der Waals surface area contributed by atoms with E-state index >= 15 is 0 Å². The Morgan fingerprint density at radius 3 is 2.64 bits per heavy atom. The van der Waals surface area contributed by atoms with Crippen molar-refractivity contribution in [2.45, 2.75) is 32.3 Å². The maximum Gasteiger partial charge on any atom is 0.0534 e. The zero-order chi connectivity index (χ0) is 10.4. The third-order valence-corrected chi connectivity index (χ3v) is 2.87. The van der Waals surface area contributed by atoms with E-state index in [2.05, 4.69) is 11.9 Å². The highest BCUT2D eigenvalue weighted by Crippen LogP contribution is 2.16. The molecule has 0 aromatic carbocycles. The van der Waals surface area contributed by atoms with E-state index in [4.69, 9.17) is 9.84 Å². The fourth-order valence-corrected chi connectivity index (χ4v) is 1.73. The van der Waals surface area contributed by atoms with E-state index in [9.17, 15) is 0 Å². The number of hydrogen-bond acceptors (Lipinski definition) is 3. The smallest absolute Gasteiger partial charge is 0.0534 e. The van der Waals surface area contributed by atoms with Crippen LogP contribution in [0.25, 0.3) is 0 Å². The standard InChI is InChI=1S/C11H23NO2/c1-10(13)5-8-14-9-11-3-6-12(2)7-4-11/h10-11,13H,3-9H2,1-2H3. The number of ether oxygens (including phenoxy) is 1. The quantitative estimate of drug-likeness (QED) is 0.676. The molecule has 1 heterocycles. The van der Waals surface area contributed by atoms with E-state index in [0.717, 1.165) is 18.9 Å². The first kappa shape index (κ1) is 12.0. The van der Waals surface area contributed by atoms with Gasteiger partial charge in [0.05, 0.1) is 6.10 Å². The molecule has 3 nitrogen and oxygen atoms in total. The molecular formula is C11H23NO2. The van der Waals surface area contributed by atoms with Crippen LogP contribution in [-0.2, 0) is 4.74 Å². The van der Waals surface area contributed by atoms with Gasteiger partial charge >= 0.3 is 0 Å². The third-order valence-electron chi connectivity index (χ3n) is 2.87. The topological polar surface area (TPSA) is 32.7 Å². The highest BCUT2D eigenvalue weighted by atomic mass is 16.5. The predicted octanol–water partition coefficient (Wildman–Crippen LogP) is 1.12. The lowest BCUT2D eigenvalue weighted by Crippen LogP contribution is -2.32. The average Bonchev–Trinajstić information content (AvgIpc) is 2.15. The number of likely N-dealkylation sites (tertiary alicyclic amines) is 1. The van der Waals surface area contributed by atoms with Crippen LogP contribution in [0.1, 0.15) is 26.2 Å². The number of aliphatic hydroxyl groups is 1. The molecule has 1 rings (SSSR count). The van der Waals surface area contributed by atoms with Gasteiger partial charge in [-0.2, -0.15) is 0 Å². The van der Waals surface area contributed by atoms with Crippen molar-refractivity contribution in [3.8, 4) is 0 Å². The molecule has 0 amide bonds. The Morgan fingerprint density at radius 2 is 2.07 bits per heavy atom. The van der Waals surface area contributed by atoms with Crippen LogP contribution < -0.4 is 0 Å². The van der Waals surface area contributed by atoms with Gasteiger partial charge < -0.3 is 14.7 Å². The molecule has 0 spiro atoms. The van der Waals surface area contributed by atoms with E-state index in [1.807, 2.05) is 0 Å². The Bertz CT molecular complexity index is 142. The normalized spacial score (nSPS) is 22.5. The summed E-state index contributed by atoms with van der Waals surface area (Å²) in [7, 11) is 2.17. The lowest BCUT2D eigenvalue weighted by Gasteiger charge is -2.28. The summed E-state index contributed by atoms with van der Waals surface area (Å²) in [6.07, 6.45) is 3.04. The SMILES string of the molecule is CC(O)CCOCC1CCN(C)CC1. The van der Waals surface area contributed by atoms with Crippen LogP contribution in [0.2, 0.25) is 0 Å². The summed E-state index contributed by atoms with van der Waals surface area (Å²) >= 11 is 0. The van der Waals surface area contributed by atoms with Gasteiger partial charge in [0.1, 0.15) is 0 Å². The van der Waals surface area contributed by atoms with Crippen LogP contribution in [0, 0.1) is 5.92 Å². The second-order valence-corrected chi connectivity index (χ2v) is 4.46. The minimum atomic E-state index is -0.229. The molecule has 84 valence electrons. The number of rotatable bonds is 5. The minimum Gasteiger partial charge on any atom is -0.393 e. The van der Waals surface area contributed by atoms with Crippen LogP contribution in [0.4, 0.5) is 0 Å². The Balaban J connectivity index is 1.96. The fourth-order valence-electron chi connectivity index (χ4n) is 1.73. The first-order valence-electron chi connectivity index (χ1n) is 5.63. The zero-order valence-electron chi connectivity index (χ0n) is 9.41. The number of nitrogens with zero attached hydrogens (tertiary/aromatic N) is 1. The zero-order valence-corrected chi connectivity index (χ0v) is 9.41. The monoisotopic (exact) mass is 201 g/mol. The van der Waals surface area contributed by atoms with Crippen LogP contribution in [-0.4, -0.2) is 49.5 Å². The molecule has 1 N–H and O–H groups in total. The first-order valence-corrected chi connectivity index (χ1v) is 5.63. The van der Waals surface area contributed by atoms with E-state index in [-0.39, 0.29) is 6.10 Å². The van der Waals surface area contributed by atoms with Gasteiger partial charge in [0, 0.05) is 13.2 Å². The summed E-state index contributed by atoms with van der Waals surface area (Å²) in [5.41, 5.74) is 0. The van der Waals surface area contributed by atoms with Crippen LogP contribution in [0.3, 0.4) is 0 Å². The van der Waals surface area contributed by atoms with Gasteiger partial charge in [0.15, 0.2) is 0 Å². The van der Waals surface area contributed by atoms with Gasteiger partial charge in [-0.1, -0.05) is 0 Å². The van der Waals surface area contributed by atoms with E-state index in [1.54, 1.807) is 6.92 Å². The molecule has 0 aliphatic carbocycles. The maximum absolute atomic E-state index is 9.04. The molecule has 1 unspecified atom stereocenters. The highest BCUT2D eigenvalue weighted by molar-refractivity contribution is 4.69. The number of piperidine rings is 1. The molecule has 1 aliphatic rings. The largest absolute Gasteiger partial charge is 0.393 e. The van der Waals surface area contributed by atoms with Gasteiger partial charge in [-0.3, -0.25) is 0 Å². The molecule has 0 radical (unpaired) electrons. The number of aliphatic hydroxyl groups excluding tert-OH is 1. The van der Waals surface area contributed by atoms with Crippen molar-refractivity contribution in [1.82, 2.24) is 4.90 Å². The van der Waals surface area contributed by atoms with Crippen molar-refractivity contribution in [2.24, 2.45) is 5.92 Å². The molecule has 14 heavy (non-hydrogen) atoms. The fraction of sp³-hybridized carbons (Fsp3) is 1.00. The first-order chi connectivity index (χ1) is 6.68. The second-order valence-electron chi connectivity index (χ2n) is 4.46. The molecular weight excluding hydrogens is 178 g/mol. The number of hydrogen-bond donors (Lipinski definition) is 1. The lowest BCUT2D eigenvalue weighted by molar-refractivity contribution is 0.0510. The van der Waals surface area contributed by atoms with Crippen molar-refractivity contribution in [3.05, 3.63) is 0 Å². The van der Waals surface area contributed by atoms with Gasteiger partial charge in [-0.25, -0.2) is 0 Å². The van der Waals surface area contributed by atoms with Gasteiger partial charge in [0.25, 0.3) is 0 Å². The summed E-state index contributed by atoms with van der Waals surface area (Å²) < 4.78 is 5.54. The van der Waals surface area contributed by atoms with Gasteiger partial charge in [-0.05, 0) is 52.2 Å². The van der Waals surface area contributed by atoms with Crippen LogP contribution in [0.15, 0.2) is 0 Å². The summed E-state index contributed by atoms with van der Waals surface area (Å²) in [6, 6.07) is 0. The summed E-state index contributed by atoms with van der Waals surface area (Å²) in [4.78, 5) is 2.37. The Hall–Kier alpha value is -0.120. The van der Waals surface area contributed by atoms with Crippen molar-refractivity contribution in [1.29, 1.82) is 0 Å². The van der Waals surface area contributed by atoms with Gasteiger partial charge in [0.2, 0.25) is 0 Å². The molecule has 0 bridgehead atoms. The highest BCUT2D eigenvalue weighted by Gasteiger charge is 2.16. The van der Waals surface area contributed by atoms with E-state index in [1.165, 1.54) is 25.9 Å². The Kier molecular flexibility index (Phi) is 5.45. The summed E-state index contributed by atoms with van der Waals surface area (Å²) in [5.74, 6) is 0.736. The molecule has 0 aromatic heterocycles.